The van der Waals surface area contributed by atoms with E-state index in [1.54, 1.807) is 0 Å². The fraction of sp³-hybridized carbons (Fsp3) is 0.800. The van der Waals surface area contributed by atoms with Gasteiger partial charge in [0.2, 0.25) is 5.91 Å². The average molecular weight is 213 g/mol. The predicted molar refractivity (Wildman–Crippen MR) is 57.5 cm³/mol. The molecule has 1 aliphatic rings. The van der Waals surface area contributed by atoms with E-state index in [1.807, 2.05) is 0 Å². The standard InChI is InChI=1S/C10H19N3O2/c1-10(2,3)12-5-4-6-13-8(14)7-11-9(13)15/h12H,4-7H2,1-3H3,(H,11,15). The molecule has 0 aromatic heterocycles. The number of amides is 3. The Morgan fingerprint density at radius 3 is 2.53 bits per heavy atom. The Hall–Kier alpha value is -1.10. The number of urea groups is 1. The van der Waals surface area contributed by atoms with Crippen LogP contribution in [0.1, 0.15) is 27.2 Å². The molecule has 1 rings (SSSR count). The summed E-state index contributed by atoms with van der Waals surface area (Å²) in [4.78, 5) is 23.6. The van der Waals surface area contributed by atoms with Crippen LogP contribution in [0.15, 0.2) is 0 Å². The molecule has 1 saturated heterocycles. The molecule has 0 aromatic carbocycles. The Bertz CT molecular complexity index is 242. The van der Waals surface area contributed by atoms with E-state index in [4.69, 9.17) is 0 Å². The van der Waals surface area contributed by atoms with Crippen LogP contribution in [-0.2, 0) is 4.79 Å². The number of rotatable bonds is 4. The van der Waals surface area contributed by atoms with Crippen molar-refractivity contribution in [3.05, 3.63) is 0 Å². The molecule has 0 atom stereocenters. The van der Waals surface area contributed by atoms with Gasteiger partial charge in [0.25, 0.3) is 0 Å². The summed E-state index contributed by atoms with van der Waals surface area (Å²) in [7, 11) is 0. The highest BCUT2D eigenvalue weighted by atomic mass is 16.2. The van der Waals surface area contributed by atoms with Crippen LogP contribution in [-0.4, -0.2) is 42.0 Å². The highest BCUT2D eigenvalue weighted by Gasteiger charge is 2.27. The lowest BCUT2D eigenvalue weighted by atomic mass is 10.1. The first-order chi connectivity index (χ1) is 6.90. The van der Waals surface area contributed by atoms with Gasteiger partial charge in [0.1, 0.15) is 0 Å². The second-order valence-electron chi connectivity index (χ2n) is 4.73. The molecule has 0 saturated carbocycles. The Morgan fingerprint density at radius 2 is 2.07 bits per heavy atom. The van der Waals surface area contributed by atoms with Crippen molar-refractivity contribution < 1.29 is 9.59 Å². The van der Waals surface area contributed by atoms with Gasteiger partial charge in [-0.2, -0.15) is 0 Å². The molecule has 5 nitrogen and oxygen atoms in total. The molecule has 1 fully saturated rings. The minimum Gasteiger partial charge on any atom is -0.329 e. The molecule has 15 heavy (non-hydrogen) atoms. The first-order valence-electron chi connectivity index (χ1n) is 5.23. The zero-order valence-corrected chi connectivity index (χ0v) is 9.59. The van der Waals surface area contributed by atoms with Crippen LogP contribution in [0.4, 0.5) is 4.79 Å². The first kappa shape index (κ1) is 12.0. The largest absolute Gasteiger partial charge is 0.329 e. The Kier molecular flexibility index (Phi) is 3.68. The molecular weight excluding hydrogens is 194 g/mol. The van der Waals surface area contributed by atoms with Crippen molar-refractivity contribution >= 4 is 11.9 Å². The zero-order chi connectivity index (χ0) is 11.5. The summed E-state index contributed by atoms with van der Waals surface area (Å²) >= 11 is 0. The molecular formula is C10H19N3O2. The zero-order valence-electron chi connectivity index (χ0n) is 9.59. The molecule has 2 N–H and O–H groups in total. The summed E-state index contributed by atoms with van der Waals surface area (Å²) in [5.74, 6) is -0.129. The van der Waals surface area contributed by atoms with Gasteiger partial charge in [0.15, 0.2) is 0 Å². The van der Waals surface area contributed by atoms with Crippen molar-refractivity contribution in [3.8, 4) is 0 Å². The fourth-order valence-electron chi connectivity index (χ4n) is 1.38. The molecule has 0 radical (unpaired) electrons. The van der Waals surface area contributed by atoms with Crippen LogP contribution in [0.2, 0.25) is 0 Å². The maximum atomic E-state index is 11.2. The highest BCUT2D eigenvalue weighted by molar-refractivity contribution is 6.01. The van der Waals surface area contributed by atoms with Crippen molar-refractivity contribution in [1.29, 1.82) is 0 Å². The number of imide groups is 1. The van der Waals surface area contributed by atoms with Gasteiger partial charge < -0.3 is 10.6 Å². The number of carbonyl (C=O) groups excluding carboxylic acids is 2. The lowest BCUT2D eigenvalue weighted by Gasteiger charge is -2.21. The van der Waals surface area contributed by atoms with Gasteiger partial charge in [0.05, 0.1) is 6.54 Å². The molecule has 1 aliphatic heterocycles. The molecule has 0 aliphatic carbocycles. The van der Waals surface area contributed by atoms with E-state index in [0.29, 0.717) is 6.54 Å². The summed E-state index contributed by atoms with van der Waals surface area (Å²) < 4.78 is 0. The van der Waals surface area contributed by atoms with Crippen LogP contribution < -0.4 is 10.6 Å². The monoisotopic (exact) mass is 213 g/mol. The van der Waals surface area contributed by atoms with Crippen molar-refractivity contribution in [3.63, 3.8) is 0 Å². The maximum Gasteiger partial charge on any atom is 0.324 e. The topological polar surface area (TPSA) is 61.4 Å². The van der Waals surface area contributed by atoms with E-state index in [0.717, 1.165) is 13.0 Å². The average Bonchev–Trinajstić information content (AvgIpc) is 2.40. The van der Waals surface area contributed by atoms with Gasteiger partial charge in [0, 0.05) is 12.1 Å². The number of hydrogen-bond donors (Lipinski definition) is 2. The summed E-state index contributed by atoms with van der Waals surface area (Å²) in [5.41, 5.74) is 0.0806. The molecule has 3 amide bonds. The molecule has 0 aromatic rings. The normalized spacial score (nSPS) is 17.1. The quantitative estimate of drug-likeness (QED) is 0.522. The van der Waals surface area contributed by atoms with Gasteiger partial charge in [-0.1, -0.05) is 0 Å². The fourth-order valence-corrected chi connectivity index (χ4v) is 1.38. The number of hydrogen-bond acceptors (Lipinski definition) is 3. The third-order valence-corrected chi connectivity index (χ3v) is 2.15. The minimum absolute atomic E-state index is 0.0806. The van der Waals surface area contributed by atoms with Crippen molar-refractivity contribution in [1.82, 2.24) is 15.5 Å². The summed E-state index contributed by atoms with van der Waals surface area (Å²) in [6.07, 6.45) is 0.788. The second kappa shape index (κ2) is 4.61. The van der Waals surface area contributed by atoms with Gasteiger partial charge in [-0.3, -0.25) is 9.69 Å². The second-order valence-corrected chi connectivity index (χ2v) is 4.73. The third-order valence-electron chi connectivity index (χ3n) is 2.15. The van der Waals surface area contributed by atoms with Crippen molar-refractivity contribution in [2.75, 3.05) is 19.6 Å². The summed E-state index contributed by atoms with van der Waals surface area (Å²) in [5, 5.41) is 5.80. The van der Waals surface area contributed by atoms with E-state index >= 15 is 0 Å². The van der Waals surface area contributed by atoms with E-state index in [-0.39, 0.29) is 24.0 Å². The van der Waals surface area contributed by atoms with Crippen LogP contribution in [0.3, 0.4) is 0 Å². The predicted octanol–water partition coefficient (Wildman–Crippen LogP) is 0.316. The lowest BCUT2D eigenvalue weighted by molar-refractivity contribution is -0.125. The van der Waals surface area contributed by atoms with Crippen molar-refractivity contribution in [2.45, 2.75) is 32.7 Å². The van der Waals surface area contributed by atoms with Crippen LogP contribution in [0.5, 0.6) is 0 Å². The molecule has 86 valence electrons. The number of carbonyl (C=O) groups is 2. The Morgan fingerprint density at radius 1 is 1.40 bits per heavy atom. The SMILES string of the molecule is CC(C)(C)NCCCN1C(=O)CNC1=O. The number of nitrogens with zero attached hydrogens (tertiary/aromatic N) is 1. The maximum absolute atomic E-state index is 11.2. The minimum atomic E-state index is -0.268. The highest BCUT2D eigenvalue weighted by Crippen LogP contribution is 2.01. The Balaban J connectivity index is 2.20. The first-order valence-corrected chi connectivity index (χ1v) is 5.23. The molecule has 0 bridgehead atoms. The Labute approximate surface area is 90.2 Å². The van der Waals surface area contributed by atoms with Gasteiger partial charge >= 0.3 is 6.03 Å². The third kappa shape index (κ3) is 3.87. The summed E-state index contributed by atoms with van der Waals surface area (Å²) in [6, 6.07) is -0.268. The smallest absolute Gasteiger partial charge is 0.324 e. The van der Waals surface area contributed by atoms with E-state index in [9.17, 15) is 9.59 Å². The van der Waals surface area contributed by atoms with Gasteiger partial charge in [-0.25, -0.2) is 4.79 Å². The molecule has 1 heterocycles. The number of nitrogens with one attached hydrogen (secondary N) is 2. The van der Waals surface area contributed by atoms with Gasteiger partial charge in [-0.05, 0) is 33.7 Å². The van der Waals surface area contributed by atoms with Crippen LogP contribution >= 0.6 is 0 Å². The van der Waals surface area contributed by atoms with Crippen LogP contribution in [0.25, 0.3) is 0 Å². The van der Waals surface area contributed by atoms with Crippen molar-refractivity contribution in [2.24, 2.45) is 0 Å². The van der Waals surface area contributed by atoms with E-state index in [1.165, 1.54) is 4.90 Å². The van der Waals surface area contributed by atoms with Gasteiger partial charge in [-0.15, -0.1) is 0 Å². The molecule has 5 heteroatoms. The lowest BCUT2D eigenvalue weighted by Crippen LogP contribution is -2.39. The van der Waals surface area contributed by atoms with Crippen LogP contribution in [0, 0.1) is 0 Å². The van der Waals surface area contributed by atoms with E-state index in [2.05, 4.69) is 31.4 Å². The summed E-state index contributed by atoms with van der Waals surface area (Å²) in [6.45, 7) is 7.70. The molecule has 0 unspecified atom stereocenters. The molecule has 0 spiro atoms. The van der Waals surface area contributed by atoms with E-state index < -0.39 is 0 Å².